The number of carbonyl (C=O) groups is 3. The summed E-state index contributed by atoms with van der Waals surface area (Å²) in [6.07, 6.45) is 3.19. The molecule has 6 nitrogen and oxygen atoms in total. The minimum absolute atomic E-state index is 0.0364. The molecule has 1 heterocycles. The maximum Gasteiger partial charge on any atom is 0.326 e. The SMILES string of the molecule is Cc1cc(Cl)ccc1NC(=O)COC(=O)CN1CCCCCC1=O. The number of nitrogens with one attached hydrogen (secondary N) is 1. The highest BCUT2D eigenvalue weighted by Gasteiger charge is 2.20. The Hall–Kier alpha value is -2.08. The van der Waals surface area contributed by atoms with Crippen LogP contribution in [0.15, 0.2) is 18.2 Å². The van der Waals surface area contributed by atoms with Gasteiger partial charge in [-0.05, 0) is 43.5 Å². The van der Waals surface area contributed by atoms with Crippen LogP contribution in [0.25, 0.3) is 0 Å². The fourth-order valence-electron chi connectivity index (χ4n) is 2.51. The van der Waals surface area contributed by atoms with Crippen LogP contribution in [0.5, 0.6) is 0 Å². The van der Waals surface area contributed by atoms with E-state index in [-0.39, 0.29) is 19.1 Å². The van der Waals surface area contributed by atoms with Crippen LogP contribution in [0, 0.1) is 6.92 Å². The van der Waals surface area contributed by atoms with Gasteiger partial charge in [0.05, 0.1) is 0 Å². The molecule has 1 saturated heterocycles. The Labute approximate surface area is 146 Å². The van der Waals surface area contributed by atoms with E-state index in [1.807, 2.05) is 6.92 Å². The molecule has 24 heavy (non-hydrogen) atoms. The smallest absolute Gasteiger partial charge is 0.326 e. The van der Waals surface area contributed by atoms with Crippen molar-refractivity contribution in [1.29, 1.82) is 0 Å². The maximum absolute atomic E-state index is 11.9. The van der Waals surface area contributed by atoms with Gasteiger partial charge in [0.1, 0.15) is 6.54 Å². The minimum atomic E-state index is -0.576. The van der Waals surface area contributed by atoms with Crippen molar-refractivity contribution in [3.05, 3.63) is 28.8 Å². The van der Waals surface area contributed by atoms with Gasteiger partial charge >= 0.3 is 5.97 Å². The molecule has 0 saturated carbocycles. The van der Waals surface area contributed by atoms with E-state index in [0.717, 1.165) is 24.8 Å². The van der Waals surface area contributed by atoms with E-state index in [9.17, 15) is 14.4 Å². The normalized spacial score (nSPS) is 14.9. The van der Waals surface area contributed by atoms with E-state index in [1.165, 1.54) is 4.90 Å². The summed E-state index contributed by atoms with van der Waals surface area (Å²) >= 11 is 5.86. The highest BCUT2D eigenvalue weighted by molar-refractivity contribution is 6.30. The number of benzene rings is 1. The largest absolute Gasteiger partial charge is 0.454 e. The number of hydrogen-bond donors (Lipinski definition) is 1. The fraction of sp³-hybridized carbons (Fsp3) is 0.471. The molecule has 2 amide bonds. The van der Waals surface area contributed by atoms with Crippen molar-refractivity contribution in [3.8, 4) is 0 Å². The molecule has 1 aromatic rings. The molecular formula is C17H21ClN2O4. The third kappa shape index (κ3) is 5.53. The molecule has 130 valence electrons. The predicted molar refractivity (Wildman–Crippen MR) is 90.8 cm³/mol. The Morgan fingerprint density at radius 1 is 1.29 bits per heavy atom. The van der Waals surface area contributed by atoms with Crippen LogP contribution in [-0.4, -0.2) is 42.4 Å². The van der Waals surface area contributed by atoms with Gasteiger partial charge in [-0.3, -0.25) is 14.4 Å². The van der Waals surface area contributed by atoms with Crippen LogP contribution in [-0.2, 0) is 19.1 Å². The summed E-state index contributed by atoms with van der Waals surface area (Å²) in [5, 5.41) is 3.24. The first-order valence-corrected chi connectivity index (χ1v) is 8.33. The quantitative estimate of drug-likeness (QED) is 0.826. The van der Waals surface area contributed by atoms with Crippen LogP contribution < -0.4 is 5.32 Å². The summed E-state index contributed by atoms with van der Waals surface area (Å²) in [5.41, 5.74) is 1.43. The Morgan fingerprint density at radius 3 is 2.83 bits per heavy atom. The Morgan fingerprint density at radius 2 is 2.08 bits per heavy atom. The van der Waals surface area contributed by atoms with Crippen LogP contribution in [0.4, 0.5) is 5.69 Å². The standard InChI is InChI=1S/C17H21ClN2O4/c1-12-9-13(18)6-7-14(12)19-15(21)11-24-17(23)10-20-8-4-2-3-5-16(20)22/h6-7,9H,2-5,8,10-11H2,1H3,(H,19,21). The number of anilines is 1. The average molecular weight is 353 g/mol. The van der Waals surface area contributed by atoms with E-state index >= 15 is 0 Å². The number of aryl methyl sites for hydroxylation is 1. The van der Waals surface area contributed by atoms with Gasteiger partial charge in [-0.1, -0.05) is 18.0 Å². The number of carbonyl (C=O) groups excluding carboxylic acids is 3. The topological polar surface area (TPSA) is 75.7 Å². The van der Waals surface area contributed by atoms with Crippen molar-refractivity contribution in [3.63, 3.8) is 0 Å². The van der Waals surface area contributed by atoms with Gasteiger partial charge in [0.15, 0.2) is 6.61 Å². The van der Waals surface area contributed by atoms with Gasteiger partial charge in [-0.15, -0.1) is 0 Å². The molecule has 0 atom stereocenters. The Balaban J connectivity index is 1.78. The molecular weight excluding hydrogens is 332 g/mol. The molecule has 0 unspecified atom stereocenters. The van der Waals surface area contributed by atoms with Crippen molar-refractivity contribution in [2.45, 2.75) is 32.6 Å². The van der Waals surface area contributed by atoms with E-state index in [0.29, 0.717) is 23.7 Å². The predicted octanol–water partition coefficient (Wildman–Crippen LogP) is 2.53. The number of nitrogens with zero attached hydrogens (tertiary/aromatic N) is 1. The molecule has 1 aliphatic heterocycles. The third-order valence-electron chi connectivity index (χ3n) is 3.82. The Bertz CT molecular complexity index is 633. The maximum atomic E-state index is 11.9. The number of hydrogen-bond acceptors (Lipinski definition) is 4. The highest BCUT2D eigenvalue weighted by atomic mass is 35.5. The molecule has 0 aromatic heterocycles. The van der Waals surface area contributed by atoms with Gasteiger partial charge in [0.2, 0.25) is 5.91 Å². The summed E-state index contributed by atoms with van der Waals surface area (Å²) in [5.74, 6) is -1.05. The first kappa shape index (κ1) is 18.3. The molecule has 7 heteroatoms. The second-order valence-electron chi connectivity index (χ2n) is 5.79. The zero-order chi connectivity index (χ0) is 17.5. The summed E-state index contributed by atoms with van der Waals surface area (Å²) in [7, 11) is 0. The second-order valence-corrected chi connectivity index (χ2v) is 6.23. The van der Waals surface area contributed by atoms with Crippen LogP contribution in [0.3, 0.4) is 0 Å². The van der Waals surface area contributed by atoms with Gasteiger partial charge in [-0.2, -0.15) is 0 Å². The van der Waals surface area contributed by atoms with E-state index < -0.39 is 11.9 Å². The summed E-state index contributed by atoms with van der Waals surface area (Å²) in [4.78, 5) is 37.0. The number of rotatable bonds is 5. The molecule has 0 bridgehead atoms. The van der Waals surface area contributed by atoms with Crippen molar-refractivity contribution >= 4 is 35.1 Å². The first-order chi connectivity index (χ1) is 11.5. The zero-order valence-electron chi connectivity index (χ0n) is 13.6. The lowest BCUT2D eigenvalue weighted by molar-refractivity contribution is -0.151. The van der Waals surface area contributed by atoms with E-state index in [1.54, 1.807) is 18.2 Å². The lowest BCUT2D eigenvalue weighted by Gasteiger charge is -2.19. The monoisotopic (exact) mass is 352 g/mol. The van der Waals surface area contributed by atoms with Gasteiger partial charge < -0.3 is 15.0 Å². The van der Waals surface area contributed by atoms with Crippen LogP contribution >= 0.6 is 11.6 Å². The molecule has 1 aromatic carbocycles. The van der Waals surface area contributed by atoms with Crippen LogP contribution in [0.1, 0.15) is 31.2 Å². The van der Waals surface area contributed by atoms with Crippen molar-refractivity contribution in [2.75, 3.05) is 25.0 Å². The zero-order valence-corrected chi connectivity index (χ0v) is 14.4. The summed E-state index contributed by atoms with van der Waals surface area (Å²) in [6, 6.07) is 5.09. The Kier molecular flexibility index (Phi) is 6.61. The second kappa shape index (κ2) is 8.68. The number of esters is 1. The molecule has 1 aliphatic rings. The van der Waals surface area contributed by atoms with Crippen molar-refractivity contribution < 1.29 is 19.1 Å². The lowest BCUT2D eigenvalue weighted by Crippen LogP contribution is -2.36. The number of ether oxygens (including phenoxy) is 1. The molecule has 0 aliphatic carbocycles. The summed E-state index contributed by atoms with van der Waals surface area (Å²) < 4.78 is 4.96. The van der Waals surface area contributed by atoms with E-state index in [4.69, 9.17) is 16.3 Å². The molecule has 0 spiro atoms. The van der Waals surface area contributed by atoms with Crippen LogP contribution in [0.2, 0.25) is 5.02 Å². The first-order valence-electron chi connectivity index (χ1n) is 7.95. The molecule has 1 fully saturated rings. The molecule has 1 N–H and O–H groups in total. The van der Waals surface area contributed by atoms with Gasteiger partial charge in [0.25, 0.3) is 5.91 Å². The number of amides is 2. The minimum Gasteiger partial charge on any atom is -0.454 e. The van der Waals surface area contributed by atoms with E-state index in [2.05, 4.69) is 5.32 Å². The highest BCUT2D eigenvalue weighted by Crippen LogP contribution is 2.19. The lowest BCUT2D eigenvalue weighted by atomic mass is 10.2. The van der Waals surface area contributed by atoms with Gasteiger partial charge in [-0.25, -0.2) is 0 Å². The average Bonchev–Trinajstić information content (AvgIpc) is 2.73. The fourth-order valence-corrected chi connectivity index (χ4v) is 2.73. The van der Waals surface area contributed by atoms with Crippen molar-refractivity contribution in [1.82, 2.24) is 4.90 Å². The number of likely N-dealkylation sites (tertiary alicyclic amines) is 1. The third-order valence-corrected chi connectivity index (χ3v) is 4.05. The molecule has 2 rings (SSSR count). The number of halogens is 1. The van der Waals surface area contributed by atoms with Gasteiger partial charge in [0, 0.05) is 23.7 Å². The molecule has 0 radical (unpaired) electrons. The van der Waals surface area contributed by atoms with Crippen molar-refractivity contribution in [2.24, 2.45) is 0 Å². The summed E-state index contributed by atoms with van der Waals surface area (Å²) in [6.45, 7) is 1.89.